The first kappa shape index (κ1) is 19.7. The third kappa shape index (κ3) is 6.01. The molecule has 0 radical (unpaired) electrons. The van der Waals surface area contributed by atoms with Crippen LogP contribution in [0.3, 0.4) is 0 Å². The molecule has 0 heterocycles. The van der Waals surface area contributed by atoms with Crippen LogP contribution in [0.4, 0.5) is 0 Å². The SMILES string of the molecule is COCc1cccc(C(=O)NC(CC(=O)OC(C)C)c2ccccc2)c1. The number of benzene rings is 2. The summed E-state index contributed by atoms with van der Waals surface area (Å²) < 4.78 is 10.3. The highest BCUT2D eigenvalue weighted by Gasteiger charge is 2.20. The van der Waals surface area contributed by atoms with Crippen LogP contribution in [-0.4, -0.2) is 25.1 Å². The van der Waals surface area contributed by atoms with E-state index in [0.717, 1.165) is 11.1 Å². The Morgan fingerprint density at radius 3 is 2.42 bits per heavy atom. The van der Waals surface area contributed by atoms with Gasteiger partial charge in [-0.15, -0.1) is 0 Å². The van der Waals surface area contributed by atoms with Crippen LogP contribution in [-0.2, 0) is 20.9 Å². The lowest BCUT2D eigenvalue weighted by molar-refractivity contribution is -0.147. The molecule has 1 unspecified atom stereocenters. The van der Waals surface area contributed by atoms with Crippen molar-refractivity contribution in [3.05, 3.63) is 71.3 Å². The third-order valence-corrected chi connectivity index (χ3v) is 3.75. The molecule has 0 aliphatic carbocycles. The maximum absolute atomic E-state index is 12.7. The summed E-state index contributed by atoms with van der Waals surface area (Å²) in [5.74, 6) is -0.587. The van der Waals surface area contributed by atoms with E-state index in [4.69, 9.17) is 9.47 Å². The minimum absolute atomic E-state index is 0.0751. The van der Waals surface area contributed by atoms with Gasteiger partial charge in [-0.25, -0.2) is 0 Å². The predicted octanol–water partition coefficient (Wildman–Crippen LogP) is 3.65. The number of hydrogen-bond acceptors (Lipinski definition) is 4. The van der Waals surface area contributed by atoms with Gasteiger partial charge in [0, 0.05) is 12.7 Å². The van der Waals surface area contributed by atoms with Crippen LogP contribution >= 0.6 is 0 Å². The summed E-state index contributed by atoms with van der Waals surface area (Å²) in [4.78, 5) is 24.8. The van der Waals surface area contributed by atoms with Gasteiger partial charge < -0.3 is 14.8 Å². The molecule has 0 aliphatic rings. The lowest BCUT2D eigenvalue weighted by atomic mass is 10.0. The number of carbonyl (C=O) groups is 2. The maximum Gasteiger partial charge on any atom is 0.308 e. The molecular formula is C21H25NO4. The van der Waals surface area contributed by atoms with E-state index in [-0.39, 0.29) is 24.4 Å². The van der Waals surface area contributed by atoms with E-state index in [1.54, 1.807) is 33.1 Å². The van der Waals surface area contributed by atoms with Crippen molar-refractivity contribution in [1.29, 1.82) is 0 Å². The molecule has 2 aromatic carbocycles. The van der Waals surface area contributed by atoms with Crippen molar-refractivity contribution < 1.29 is 19.1 Å². The number of carbonyl (C=O) groups excluding carboxylic acids is 2. The molecule has 2 aromatic rings. The Bertz CT molecular complexity index is 728. The van der Waals surface area contributed by atoms with Crippen molar-refractivity contribution in [2.75, 3.05) is 7.11 Å². The normalized spacial score (nSPS) is 11.8. The Balaban J connectivity index is 2.16. The zero-order valence-corrected chi connectivity index (χ0v) is 15.4. The average molecular weight is 355 g/mol. The summed E-state index contributed by atoms with van der Waals surface area (Å²) in [6.07, 6.45) is -0.119. The molecule has 2 rings (SSSR count). The van der Waals surface area contributed by atoms with Gasteiger partial charge in [-0.3, -0.25) is 9.59 Å². The average Bonchev–Trinajstić information content (AvgIpc) is 2.61. The van der Waals surface area contributed by atoms with Crippen LogP contribution in [0, 0.1) is 0 Å². The van der Waals surface area contributed by atoms with E-state index in [2.05, 4.69) is 5.32 Å². The summed E-state index contributed by atoms with van der Waals surface area (Å²) in [5.41, 5.74) is 2.29. The van der Waals surface area contributed by atoms with Gasteiger partial charge in [-0.1, -0.05) is 42.5 Å². The van der Waals surface area contributed by atoms with E-state index in [9.17, 15) is 9.59 Å². The first-order valence-corrected chi connectivity index (χ1v) is 8.62. The summed E-state index contributed by atoms with van der Waals surface area (Å²) in [6.45, 7) is 4.04. The maximum atomic E-state index is 12.7. The second-order valence-electron chi connectivity index (χ2n) is 6.31. The van der Waals surface area contributed by atoms with Crippen LogP contribution in [0.2, 0.25) is 0 Å². The topological polar surface area (TPSA) is 64.6 Å². The molecule has 0 aliphatic heterocycles. The molecular weight excluding hydrogens is 330 g/mol. The molecule has 0 aromatic heterocycles. The molecule has 5 nitrogen and oxygen atoms in total. The second-order valence-corrected chi connectivity index (χ2v) is 6.31. The number of ether oxygens (including phenoxy) is 2. The molecule has 138 valence electrons. The van der Waals surface area contributed by atoms with Gasteiger partial charge >= 0.3 is 5.97 Å². The van der Waals surface area contributed by atoms with Gasteiger partial charge in [0.25, 0.3) is 5.91 Å². The van der Waals surface area contributed by atoms with Crippen molar-refractivity contribution in [3.63, 3.8) is 0 Å². The number of nitrogens with one attached hydrogen (secondary N) is 1. The number of esters is 1. The van der Waals surface area contributed by atoms with Gasteiger partial charge in [-0.2, -0.15) is 0 Å². The predicted molar refractivity (Wildman–Crippen MR) is 99.6 cm³/mol. The molecule has 0 saturated heterocycles. The van der Waals surface area contributed by atoms with Crippen molar-refractivity contribution in [3.8, 4) is 0 Å². The molecule has 1 amide bonds. The molecule has 0 spiro atoms. The second kappa shape index (κ2) is 9.73. The van der Waals surface area contributed by atoms with Crippen molar-refractivity contribution in [2.45, 2.75) is 39.0 Å². The number of rotatable bonds is 8. The van der Waals surface area contributed by atoms with E-state index in [0.29, 0.717) is 12.2 Å². The molecule has 1 atom stereocenters. The lowest BCUT2D eigenvalue weighted by Gasteiger charge is -2.19. The van der Waals surface area contributed by atoms with Gasteiger partial charge in [0.15, 0.2) is 0 Å². The minimum atomic E-state index is -0.457. The van der Waals surface area contributed by atoms with Crippen LogP contribution in [0.25, 0.3) is 0 Å². The monoisotopic (exact) mass is 355 g/mol. The molecule has 0 fully saturated rings. The van der Waals surface area contributed by atoms with Gasteiger partial charge in [0.2, 0.25) is 0 Å². The highest BCUT2D eigenvalue weighted by Crippen LogP contribution is 2.19. The third-order valence-electron chi connectivity index (χ3n) is 3.75. The first-order valence-electron chi connectivity index (χ1n) is 8.62. The summed E-state index contributed by atoms with van der Waals surface area (Å²) in [6, 6.07) is 16.2. The van der Waals surface area contributed by atoms with Crippen LogP contribution in [0.15, 0.2) is 54.6 Å². The Morgan fingerprint density at radius 1 is 1.04 bits per heavy atom. The standard InChI is InChI=1S/C21H25NO4/c1-15(2)26-20(23)13-19(17-9-5-4-6-10-17)22-21(24)18-11-7-8-16(12-18)14-25-3/h4-12,15,19H,13-14H2,1-3H3,(H,22,24). The van der Waals surface area contributed by atoms with Crippen LogP contribution in [0.5, 0.6) is 0 Å². The number of amides is 1. The highest BCUT2D eigenvalue weighted by molar-refractivity contribution is 5.94. The van der Waals surface area contributed by atoms with E-state index in [1.165, 1.54) is 0 Å². The molecule has 5 heteroatoms. The van der Waals surface area contributed by atoms with Crippen LogP contribution < -0.4 is 5.32 Å². The quantitative estimate of drug-likeness (QED) is 0.734. The van der Waals surface area contributed by atoms with E-state index < -0.39 is 6.04 Å². The minimum Gasteiger partial charge on any atom is -0.463 e. The largest absolute Gasteiger partial charge is 0.463 e. The smallest absolute Gasteiger partial charge is 0.308 e. The molecule has 26 heavy (non-hydrogen) atoms. The van der Waals surface area contributed by atoms with Crippen molar-refractivity contribution >= 4 is 11.9 Å². The van der Waals surface area contributed by atoms with E-state index >= 15 is 0 Å². The molecule has 1 N–H and O–H groups in total. The number of hydrogen-bond donors (Lipinski definition) is 1. The summed E-state index contributed by atoms with van der Waals surface area (Å²) in [7, 11) is 1.61. The number of methoxy groups -OCH3 is 1. The Morgan fingerprint density at radius 2 is 1.77 bits per heavy atom. The Labute approximate surface area is 154 Å². The van der Waals surface area contributed by atoms with Crippen molar-refractivity contribution in [2.24, 2.45) is 0 Å². The fourth-order valence-electron chi connectivity index (χ4n) is 2.63. The fraction of sp³-hybridized carbons (Fsp3) is 0.333. The molecule has 0 saturated carbocycles. The highest BCUT2D eigenvalue weighted by atomic mass is 16.5. The van der Waals surface area contributed by atoms with Gasteiger partial charge in [0.1, 0.15) is 0 Å². The van der Waals surface area contributed by atoms with E-state index in [1.807, 2.05) is 42.5 Å². The molecule has 0 bridgehead atoms. The Hall–Kier alpha value is -2.66. The van der Waals surface area contributed by atoms with Gasteiger partial charge in [0.05, 0.1) is 25.2 Å². The van der Waals surface area contributed by atoms with Crippen LogP contribution in [0.1, 0.15) is 47.8 Å². The summed E-state index contributed by atoms with van der Waals surface area (Å²) in [5, 5.41) is 2.94. The van der Waals surface area contributed by atoms with Gasteiger partial charge in [-0.05, 0) is 37.1 Å². The summed E-state index contributed by atoms with van der Waals surface area (Å²) >= 11 is 0. The first-order chi connectivity index (χ1) is 12.5. The Kier molecular flexibility index (Phi) is 7.36. The lowest BCUT2D eigenvalue weighted by Crippen LogP contribution is -2.31. The zero-order chi connectivity index (χ0) is 18.9. The van der Waals surface area contributed by atoms with Crippen molar-refractivity contribution in [1.82, 2.24) is 5.32 Å². The fourth-order valence-corrected chi connectivity index (χ4v) is 2.63. The zero-order valence-electron chi connectivity index (χ0n) is 15.4.